The van der Waals surface area contributed by atoms with E-state index in [-0.39, 0.29) is 5.57 Å². The second kappa shape index (κ2) is 9.86. The summed E-state index contributed by atoms with van der Waals surface area (Å²) in [5.41, 5.74) is 0.875. The molecule has 140 valence electrons. The van der Waals surface area contributed by atoms with Gasteiger partial charge in [0, 0.05) is 5.02 Å². The Hall–Kier alpha value is -2.68. The Morgan fingerprint density at radius 3 is 2.48 bits per heavy atom. The van der Waals surface area contributed by atoms with E-state index in [0.717, 1.165) is 0 Å². The molecule has 0 spiro atoms. The van der Waals surface area contributed by atoms with E-state index in [9.17, 15) is 10.1 Å². The number of halogens is 2. The Kier molecular flexibility index (Phi) is 7.54. The number of carbonyl (C=O) groups excluding carboxylic acids is 1. The van der Waals surface area contributed by atoms with Crippen LogP contribution >= 0.6 is 23.2 Å². The van der Waals surface area contributed by atoms with Gasteiger partial charge in [0.05, 0.1) is 23.9 Å². The van der Waals surface area contributed by atoms with Gasteiger partial charge in [-0.15, -0.1) is 0 Å². The summed E-state index contributed by atoms with van der Waals surface area (Å²) < 4.78 is 11.1. The van der Waals surface area contributed by atoms with E-state index in [1.165, 1.54) is 12.1 Å². The smallest absolute Gasteiger partial charge is 0.266 e. The van der Waals surface area contributed by atoms with Gasteiger partial charge in [-0.05, 0) is 55.8 Å². The Balaban J connectivity index is 2.29. The standard InChI is InChI=1S/C20H18Cl2N2O3/c1-3-26-18-8-5-13(10-19(18)27-4-2)9-14(12-23)20(25)24-17-11-15(21)6-7-16(17)22/h5-11H,3-4H2,1-2H3,(H,24,25)/b14-9-. The maximum absolute atomic E-state index is 12.4. The molecule has 0 heterocycles. The van der Waals surface area contributed by atoms with Crippen LogP contribution in [0.2, 0.25) is 10.0 Å². The van der Waals surface area contributed by atoms with Gasteiger partial charge >= 0.3 is 0 Å². The van der Waals surface area contributed by atoms with Gasteiger partial charge in [0.2, 0.25) is 0 Å². The third kappa shape index (κ3) is 5.65. The van der Waals surface area contributed by atoms with Crippen LogP contribution in [-0.4, -0.2) is 19.1 Å². The van der Waals surface area contributed by atoms with Crippen LogP contribution in [0.5, 0.6) is 11.5 Å². The monoisotopic (exact) mass is 404 g/mol. The number of carbonyl (C=O) groups is 1. The lowest BCUT2D eigenvalue weighted by Gasteiger charge is -2.11. The first kappa shape index (κ1) is 20.6. The zero-order valence-electron chi connectivity index (χ0n) is 14.9. The van der Waals surface area contributed by atoms with E-state index in [2.05, 4.69) is 5.32 Å². The number of nitrogens with zero attached hydrogens (tertiary/aromatic N) is 1. The Labute approximate surface area is 168 Å². The molecule has 2 aromatic carbocycles. The highest BCUT2D eigenvalue weighted by atomic mass is 35.5. The van der Waals surface area contributed by atoms with Gasteiger partial charge in [-0.1, -0.05) is 29.3 Å². The number of hydrogen-bond acceptors (Lipinski definition) is 4. The molecular weight excluding hydrogens is 387 g/mol. The van der Waals surface area contributed by atoms with Crippen molar-refractivity contribution in [2.75, 3.05) is 18.5 Å². The van der Waals surface area contributed by atoms with Gasteiger partial charge in [-0.2, -0.15) is 5.26 Å². The predicted octanol–water partition coefficient (Wildman–Crippen LogP) is 5.34. The SMILES string of the molecule is CCOc1ccc(/C=C(/C#N)C(=O)Nc2cc(Cl)ccc2Cl)cc1OCC. The molecule has 7 heteroatoms. The third-order valence-corrected chi connectivity index (χ3v) is 3.98. The van der Waals surface area contributed by atoms with E-state index < -0.39 is 5.91 Å². The van der Waals surface area contributed by atoms with Crippen LogP contribution in [0, 0.1) is 11.3 Å². The first-order valence-corrected chi connectivity index (χ1v) is 9.01. The largest absolute Gasteiger partial charge is 0.490 e. The minimum Gasteiger partial charge on any atom is -0.490 e. The molecule has 0 aliphatic rings. The summed E-state index contributed by atoms with van der Waals surface area (Å²) in [5, 5.41) is 12.7. The lowest BCUT2D eigenvalue weighted by atomic mass is 10.1. The predicted molar refractivity (Wildman–Crippen MR) is 107 cm³/mol. The molecule has 5 nitrogen and oxygen atoms in total. The molecule has 0 bridgehead atoms. The quantitative estimate of drug-likeness (QED) is 0.499. The van der Waals surface area contributed by atoms with Gasteiger partial charge in [0.1, 0.15) is 11.6 Å². The number of hydrogen-bond donors (Lipinski definition) is 1. The van der Waals surface area contributed by atoms with E-state index in [1.807, 2.05) is 19.9 Å². The molecule has 27 heavy (non-hydrogen) atoms. The molecule has 0 unspecified atom stereocenters. The number of nitriles is 1. The number of nitrogens with one attached hydrogen (secondary N) is 1. The molecule has 0 fully saturated rings. The van der Waals surface area contributed by atoms with Crippen LogP contribution in [0.25, 0.3) is 6.08 Å². The zero-order valence-corrected chi connectivity index (χ0v) is 16.4. The van der Waals surface area contributed by atoms with Gasteiger partial charge in [0.25, 0.3) is 5.91 Å². The number of benzene rings is 2. The van der Waals surface area contributed by atoms with Crippen LogP contribution in [0.3, 0.4) is 0 Å². The molecule has 2 aromatic rings. The van der Waals surface area contributed by atoms with E-state index in [1.54, 1.807) is 30.3 Å². The minimum atomic E-state index is -0.589. The highest BCUT2D eigenvalue weighted by Crippen LogP contribution is 2.30. The molecule has 0 aliphatic heterocycles. The van der Waals surface area contributed by atoms with Crippen molar-refractivity contribution in [2.24, 2.45) is 0 Å². The van der Waals surface area contributed by atoms with Crippen LogP contribution in [0.15, 0.2) is 42.0 Å². The number of amides is 1. The summed E-state index contributed by atoms with van der Waals surface area (Å²) in [5.74, 6) is 0.558. The summed E-state index contributed by atoms with van der Waals surface area (Å²) in [7, 11) is 0. The van der Waals surface area contributed by atoms with Crippen molar-refractivity contribution >= 4 is 40.9 Å². The summed E-state index contributed by atoms with van der Waals surface area (Å²) in [4.78, 5) is 12.4. The second-order valence-electron chi connectivity index (χ2n) is 5.32. The highest BCUT2D eigenvalue weighted by molar-refractivity contribution is 6.36. The van der Waals surface area contributed by atoms with Gasteiger partial charge in [0.15, 0.2) is 11.5 Å². The Morgan fingerprint density at radius 1 is 1.11 bits per heavy atom. The summed E-state index contributed by atoms with van der Waals surface area (Å²) in [6.07, 6.45) is 1.46. The maximum Gasteiger partial charge on any atom is 0.266 e. The average Bonchev–Trinajstić information content (AvgIpc) is 2.65. The minimum absolute atomic E-state index is 0.0855. The Bertz CT molecular complexity index is 905. The molecule has 0 saturated heterocycles. The van der Waals surface area contributed by atoms with Crippen molar-refractivity contribution in [3.63, 3.8) is 0 Å². The van der Waals surface area contributed by atoms with Crippen molar-refractivity contribution < 1.29 is 14.3 Å². The second-order valence-corrected chi connectivity index (χ2v) is 6.16. The molecule has 0 aromatic heterocycles. The number of anilines is 1. The van der Waals surface area contributed by atoms with E-state index in [0.29, 0.717) is 46.0 Å². The fourth-order valence-electron chi connectivity index (χ4n) is 2.26. The van der Waals surface area contributed by atoms with Gasteiger partial charge in [-0.3, -0.25) is 4.79 Å². The normalized spacial score (nSPS) is 10.9. The molecule has 0 atom stereocenters. The molecule has 0 radical (unpaired) electrons. The van der Waals surface area contributed by atoms with Crippen molar-refractivity contribution in [2.45, 2.75) is 13.8 Å². The molecule has 0 aliphatic carbocycles. The lowest BCUT2D eigenvalue weighted by Crippen LogP contribution is -2.13. The fraction of sp³-hybridized carbons (Fsp3) is 0.200. The first-order chi connectivity index (χ1) is 13.0. The summed E-state index contributed by atoms with van der Waals surface area (Å²) in [6, 6.07) is 11.8. The maximum atomic E-state index is 12.4. The van der Waals surface area contributed by atoms with Crippen LogP contribution in [0.1, 0.15) is 19.4 Å². The van der Waals surface area contributed by atoms with Crippen LogP contribution in [-0.2, 0) is 4.79 Å². The zero-order chi connectivity index (χ0) is 19.8. The van der Waals surface area contributed by atoms with Crippen LogP contribution in [0.4, 0.5) is 5.69 Å². The topological polar surface area (TPSA) is 71.3 Å². The summed E-state index contributed by atoms with van der Waals surface area (Å²) in [6.45, 7) is 4.71. The molecule has 2 rings (SSSR count). The number of rotatable bonds is 7. The van der Waals surface area contributed by atoms with Crippen molar-refractivity contribution in [3.05, 3.63) is 57.6 Å². The molecule has 1 N–H and O–H groups in total. The first-order valence-electron chi connectivity index (χ1n) is 8.26. The van der Waals surface area contributed by atoms with Gasteiger partial charge < -0.3 is 14.8 Å². The fourth-order valence-corrected chi connectivity index (χ4v) is 2.59. The van der Waals surface area contributed by atoms with Crippen molar-refractivity contribution in [1.82, 2.24) is 0 Å². The molecule has 1 amide bonds. The average molecular weight is 405 g/mol. The highest BCUT2D eigenvalue weighted by Gasteiger charge is 2.13. The number of ether oxygens (including phenoxy) is 2. The molecule has 0 saturated carbocycles. The summed E-state index contributed by atoms with van der Waals surface area (Å²) >= 11 is 12.0. The van der Waals surface area contributed by atoms with Crippen LogP contribution < -0.4 is 14.8 Å². The lowest BCUT2D eigenvalue weighted by molar-refractivity contribution is -0.112. The van der Waals surface area contributed by atoms with E-state index >= 15 is 0 Å². The molecular formula is C20H18Cl2N2O3. The van der Waals surface area contributed by atoms with Crippen molar-refractivity contribution in [1.29, 1.82) is 5.26 Å². The van der Waals surface area contributed by atoms with E-state index in [4.69, 9.17) is 32.7 Å². The van der Waals surface area contributed by atoms with Gasteiger partial charge in [-0.25, -0.2) is 0 Å². The van der Waals surface area contributed by atoms with Crippen molar-refractivity contribution in [3.8, 4) is 17.6 Å². The third-order valence-electron chi connectivity index (χ3n) is 3.42. The Morgan fingerprint density at radius 2 is 1.81 bits per heavy atom.